The Hall–Kier alpha value is 0.01000. The summed E-state index contributed by atoms with van der Waals surface area (Å²) in [7, 11) is 0. The molecule has 2 N–H and O–H groups in total. The van der Waals surface area contributed by atoms with Gasteiger partial charge in [-0.05, 0) is 36.8 Å². The number of rotatable bonds is 1. The van der Waals surface area contributed by atoms with Crippen molar-refractivity contribution in [3.63, 3.8) is 0 Å². The molecule has 0 aromatic heterocycles. The van der Waals surface area contributed by atoms with Gasteiger partial charge in [0.15, 0.2) is 0 Å². The number of fused-ring (bicyclic) bond motifs is 1. The van der Waals surface area contributed by atoms with E-state index in [1.807, 2.05) is 11.8 Å². The van der Waals surface area contributed by atoms with Crippen LogP contribution in [0.5, 0.6) is 0 Å². The molecule has 76 valence electrons. The molecule has 0 spiro atoms. The molecule has 1 heterocycles. The van der Waals surface area contributed by atoms with Gasteiger partial charge in [-0.15, -0.1) is 11.8 Å². The Morgan fingerprint density at radius 1 is 1.57 bits per heavy atom. The van der Waals surface area contributed by atoms with Gasteiger partial charge in [0.05, 0.1) is 0 Å². The van der Waals surface area contributed by atoms with Crippen molar-refractivity contribution < 1.29 is 0 Å². The van der Waals surface area contributed by atoms with Crippen LogP contribution in [0.2, 0.25) is 0 Å². The Kier molecular flexibility index (Phi) is 3.20. The van der Waals surface area contributed by atoms with Crippen LogP contribution < -0.4 is 5.73 Å². The van der Waals surface area contributed by atoms with Crippen LogP contribution in [0, 0.1) is 0 Å². The smallest absolute Gasteiger partial charge is 0.0186 e. The predicted molar refractivity (Wildman–Crippen MR) is 65.9 cm³/mol. The lowest BCUT2D eigenvalue weighted by Gasteiger charge is -2.27. The first-order chi connectivity index (χ1) is 6.68. The Bertz CT molecular complexity index is 338. The van der Waals surface area contributed by atoms with Crippen LogP contribution in [-0.4, -0.2) is 11.8 Å². The maximum atomic E-state index is 6.00. The summed E-state index contributed by atoms with van der Waals surface area (Å²) in [6.45, 7) is 2.10. The molecule has 2 rings (SSSR count). The highest BCUT2D eigenvalue weighted by Gasteiger charge is 2.23. The van der Waals surface area contributed by atoms with Gasteiger partial charge in [-0.3, -0.25) is 0 Å². The molecular weight excluding hydrogens is 258 g/mol. The van der Waals surface area contributed by atoms with Gasteiger partial charge < -0.3 is 5.73 Å². The Morgan fingerprint density at radius 2 is 2.36 bits per heavy atom. The van der Waals surface area contributed by atoms with E-state index in [4.69, 9.17) is 5.73 Å². The zero-order chi connectivity index (χ0) is 10.1. The number of thioether (sulfide) groups is 1. The quantitative estimate of drug-likeness (QED) is 0.848. The van der Waals surface area contributed by atoms with Gasteiger partial charge in [-0.25, -0.2) is 0 Å². The highest BCUT2D eigenvalue weighted by molar-refractivity contribution is 9.10. The van der Waals surface area contributed by atoms with Gasteiger partial charge in [0.25, 0.3) is 0 Å². The second-order valence-corrected chi connectivity index (χ2v) is 5.84. The molecule has 1 aromatic rings. The van der Waals surface area contributed by atoms with Crippen molar-refractivity contribution in [3.8, 4) is 0 Å². The molecule has 14 heavy (non-hydrogen) atoms. The number of hydrogen-bond donors (Lipinski definition) is 1. The first-order valence-electron chi connectivity index (χ1n) is 4.86. The summed E-state index contributed by atoms with van der Waals surface area (Å²) in [6, 6.07) is 6.78. The number of nitrogens with two attached hydrogens (primary N) is 1. The van der Waals surface area contributed by atoms with Crippen LogP contribution >= 0.6 is 27.7 Å². The van der Waals surface area contributed by atoms with Crippen molar-refractivity contribution in [3.05, 3.63) is 28.2 Å². The fraction of sp³-hybridized carbons (Fsp3) is 0.455. The molecule has 0 aliphatic carbocycles. The first kappa shape index (κ1) is 10.5. The van der Waals surface area contributed by atoms with Gasteiger partial charge in [-0.2, -0.15) is 0 Å². The third-order valence-electron chi connectivity index (χ3n) is 2.70. The summed E-state index contributed by atoms with van der Waals surface area (Å²) in [5.74, 6) is 1.73. The van der Waals surface area contributed by atoms with Gasteiger partial charge in [0, 0.05) is 21.3 Å². The van der Waals surface area contributed by atoms with Crippen molar-refractivity contribution in [2.24, 2.45) is 5.73 Å². The monoisotopic (exact) mass is 271 g/mol. The van der Waals surface area contributed by atoms with E-state index in [0.717, 1.165) is 4.47 Å². The van der Waals surface area contributed by atoms with Gasteiger partial charge >= 0.3 is 0 Å². The van der Waals surface area contributed by atoms with Crippen molar-refractivity contribution in [1.82, 2.24) is 0 Å². The second-order valence-electron chi connectivity index (χ2n) is 3.78. The summed E-state index contributed by atoms with van der Waals surface area (Å²) >= 11 is 5.44. The maximum Gasteiger partial charge on any atom is 0.0186 e. The molecule has 1 aromatic carbocycles. The third kappa shape index (κ3) is 2.00. The van der Waals surface area contributed by atoms with E-state index in [1.165, 1.54) is 22.6 Å². The lowest BCUT2D eigenvalue weighted by molar-refractivity contribution is 0.543. The van der Waals surface area contributed by atoms with Crippen LogP contribution in [0.3, 0.4) is 0 Å². The molecule has 2 atom stereocenters. The van der Waals surface area contributed by atoms with Crippen molar-refractivity contribution in [1.29, 1.82) is 0 Å². The Labute approximate surface area is 97.6 Å². The maximum absolute atomic E-state index is 6.00. The van der Waals surface area contributed by atoms with Crippen molar-refractivity contribution in [2.45, 2.75) is 30.2 Å². The summed E-state index contributed by atoms with van der Waals surface area (Å²) in [5, 5.41) is 0. The molecule has 0 fully saturated rings. The lowest BCUT2D eigenvalue weighted by Crippen LogP contribution is -2.27. The van der Waals surface area contributed by atoms with Gasteiger partial charge in [-0.1, -0.05) is 22.0 Å². The SMILES string of the molecule is CC(N)C1CCSc2cc(Br)ccc21. The molecule has 0 bridgehead atoms. The molecule has 1 aliphatic heterocycles. The zero-order valence-corrected chi connectivity index (χ0v) is 10.6. The molecule has 0 saturated carbocycles. The lowest BCUT2D eigenvalue weighted by atomic mass is 9.90. The molecule has 0 saturated heterocycles. The fourth-order valence-corrected chi connectivity index (χ4v) is 3.64. The topological polar surface area (TPSA) is 26.0 Å². The van der Waals surface area contributed by atoms with Crippen LogP contribution in [0.25, 0.3) is 0 Å². The normalized spacial score (nSPS) is 22.9. The Balaban J connectivity index is 2.40. The van der Waals surface area contributed by atoms with E-state index in [-0.39, 0.29) is 6.04 Å². The molecule has 0 radical (unpaired) electrons. The predicted octanol–water partition coefficient (Wildman–Crippen LogP) is 3.38. The van der Waals surface area contributed by atoms with Gasteiger partial charge in [0.1, 0.15) is 0 Å². The minimum atomic E-state index is 0.260. The molecule has 3 heteroatoms. The second kappa shape index (κ2) is 4.25. The van der Waals surface area contributed by atoms with Gasteiger partial charge in [0.2, 0.25) is 0 Å². The number of hydrogen-bond acceptors (Lipinski definition) is 2. The minimum Gasteiger partial charge on any atom is -0.327 e. The summed E-state index contributed by atoms with van der Waals surface area (Å²) in [4.78, 5) is 1.40. The summed E-state index contributed by atoms with van der Waals surface area (Å²) in [5.41, 5.74) is 7.43. The van der Waals surface area contributed by atoms with E-state index in [2.05, 4.69) is 41.1 Å². The molecule has 0 amide bonds. The first-order valence-corrected chi connectivity index (χ1v) is 6.64. The highest BCUT2D eigenvalue weighted by atomic mass is 79.9. The van der Waals surface area contributed by atoms with E-state index < -0.39 is 0 Å². The number of halogens is 1. The average Bonchev–Trinajstić information content (AvgIpc) is 2.16. The summed E-state index contributed by atoms with van der Waals surface area (Å²) in [6.07, 6.45) is 1.21. The molecule has 1 aliphatic rings. The molecule has 1 nitrogen and oxygen atoms in total. The fourth-order valence-electron chi connectivity index (χ4n) is 1.94. The van der Waals surface area contributed by atoms with Crippen LogP contribution in [0.1, 0.15) is 24.8 Å². The standard InChI is InChI=1S/C11H14BrNS/c1-7(13)9-4-5-14-11-6-8(12)2-3-10(9)11/h2-3,6-7,9H,4-5,13H2,1H3. The zero-order valence-electron chi connectivity index (χ0n) is 8.16. The van der Waals surface area contributed by atoms with Crippen LogP contribution in [0.4, 0.5) is 0 Å². The van der Waals surface area contributed by atoms with E-state index in [0.29, 0.717) is 5.92 Å². The van der Waals surface area contributed by atoms with Crippen LogP contribution in [-0.2, 0) is 0 Å². The van der Waals surface area contributed by atoms with Crippen molar-refractivity contribution in [2.75, 3.05) is 5.75 Å². The Morgan fingerprint density at radius 3 is 3.07 bits per heavy atom. The largest absolute Gasteiger partial charge is 0.327 e. The van der Waals surface area contributed by atoms with Crippen molar-refractivity contribution >= 4 is 27.7 Å². The van der Waals surface area contributed by atoms with Crippen LogP contribution in [0.15, 0.2) is 27.6 Å². The van der Waals surface area contributed by atoms with E-state index in [1.54, 1.807) is 0 Å². The molecular formula is C11H14BrNS. The summed E-state index contributed by atoms with van der Waals surface area (Å²) < 4.78 is 1.16. The van der Waals surface area contributed by atoms with E-state index in [9.17, 15) is 0 Å². The molecule has 2 unspecified atom stereocenters. The minimum absolute atomic E-state index is 0.260. The third-order valence-corrected chi connectivity index (χ3v) is 4.29. The average molecular weight is 272 g/mol. The highest BCUT2D eigenvalue weighted by Crippen LogP contribution is 2.39. The number of benzene rings is 1. The van der Waals surface area contributed by atoms with E-state index >= 15 is 0 Å².